The van der Waals surface area contributed by atoms with Gasteiger partial charge in [-0.05, 0) is 24.3 Å². The minimum Gasteiger partial charge on any atom is -0.481 e. The van der Waals surface area contributed by atoms with E-state index in [4.69, 9.17) is 5.11 Å². The Kier molecular flexibility index (Phi) is 7.25. The summed E-state index contributed by atoms with van der Waals surface area (Å²) in [6.45, 7) is 3.72. The first-order chi connectivity index (χ1) is 10.8. The molecular formula is C17H23NO5. The molecule has 0 spiro atoms. The Morgan fingerprint density at radius 3 is 2.17 bits per heavy atom. The molecular weight excluding hydrogens is 298 g/mol. The van der Waals surface area contributed by atoms with Crippen LogP contribution in [0.1, 0.15) is 32.3 Å². The fourth-order valence-electron chi connectivity index (χ4n) is 2.35. The van der Waals surface area contributed by atoms with E-state index in [1.807, 2.05) is 44.2 Å². The molecule has 0 aliphatic rings. The topological polar surface area (TPSA) is 104 Å². The summed E-state index contributed by atoms with van der Waals surface area (Å²) in [5.74, 6) is -3.44. The van der Waals surface area contributed by atoms with E-state index >= 15 is 0 Å². The van der Waals surface area contributed by atoms with Gasteiger partial charge in [0.25, 0.3) is 0 Å². The number of carbonyl (C=O) groups excluding carboxylic acids is 1. The molecule has 2 atom stereocenters. The molecule has 1 unspecified atom stereocenters. The number of carbonyl (C=O) groups is 3. The van der Waals surface area contributed by atoms with E-state index in [-0.39, 0.29) is 18.8 Å². The molecule has 1 rings (SSSR count). The molecule has 0 heterocycles. The van der Waals surface area contributed by atoms with Gasteiger partial charge in [-0.25, -0.2) is 4.79 Å². The van der Waals surface area contributed by atoms with E-state index in [1.54, 1.807) is 0 Å². The lowest BCUT2D eigenvalue weighted by molar-refractivity contribution is -0.144. The van der Waals surface area contributed by atoms with Crippen molar-refractivity contribution >= 4 is 17.8 Å². The Morgan fingerprint density at radius 2 is 1.70 bits per heavy atom. The van der Waals surface area contributed by atoms with Gasteiger partial charge in [0.15, 0.2) is 0 Å². The fraction of sp³-hybridized carbons (Fsp3) is 0.471. The van der Waals surface area contributed by atoms with Gasteiger partial charge < -0.3 is 15.5 Å². The Balaban J connectivity index is 2.82. The number of hydrogen-bond acceptors (Lipinski definition) is 3. The highest BCUT2D eigenvalue weighted by Crippen LogP contribution is 2.14. The number of benzene rings is 1. The second-order valence-corrected chi connectivity index (χ2v) is 6.01. The van der Waals surface area contributed by atoms with Crippen LogP contribution < -0.4 is 5.32 Å². The first-order valence-corrected chi connectivity index (χ1v) is 7.58. The highest BCUT2D eigenvalue weighted by molar-refractivity contribution is 5.87. The van der Waals surface area contributed by atoms with Gasteiger partial charge in [-0.15, -0.1) is 0 Å². The number of carboxylic acid groups (broad SMARTS) is 2. The summed E-state index contributed by atoms with van der Waals surface area (Å²) in [5, 5.41) is 20.7. The van der Waals surface area contributed by atoms with Gasteiger partial charge in [-0.2, -0.15) is 0 Å². The third-order valence-electron chi connectivity index (χ3n) is 3.44. The molecule has 23 heavy (non-hydrogen) atoms. The Hall–Kier alpha value is -2.37. The van der Waals surface area contributed by atoms with Crippen molar-refractivity contribution in [1.29, 1.82) is 0 Å². The summed E-state index contributed by atoms with van der Waals surface area (Å²) in [4.78, 5) is 34.6. The van der Waals surface area contributed by atoms with Crippen LogP contribution in [0.15, 0.2) is 30.3 Å². The normalized spacial score (nSPS) is 13.3. The zero-order valence-electron chi connectivity index (χ0n) is 13.4. The van der Waals surface area contributed by atoms with Crippen molar-refractivity contribution in [2.45, 2.75) is 39.2 Å². The highest BCUT2D eigenvalue weighted by atomic mass is 16.4. The monoisotopic (exact) mass is 321 g/mol. The Bertz CT molecular complexity index is 541. The summed E-state index contributed by atoms with van der Waals surface area (Å²) in [6.07, 6.45) is 0.216. The van der Waals surface area contributed by atoms with Crippen LogP contribution in [0.4, 0.5) is 0 Å². The summed E-state index contributed by atoms with van der Waals surface area (Å²) >= 11 is 0. The van der Waals surface area contributed by atoms with Crippen LogP contribution >= 0.6 is 0 Å². The minimum absolute atomic E-state index is 0.100. The molecule has 1 aromatic rings. The van der Waals surface area contributed by atoms with Crippen LogP contribution in [0.5, 0.6) is 0 Å². The molecule has 0 saturated heterocycles. The SMILES string of the molecule is CC(C)C[C@@H](NC(=O)C(CC(=O)O)Cc1ccccc1)C(=O)O. The smallest absolute Gasteiger partial charge is 0.326 e. The van der Waals surface area contributed by atoms with Crippen molar-refractivity contribution in [1.82, 2.24) is 5.32 Å². The largest absolute Gasteiger partial charge is 0.481 e. The number of carboxylic acids is 2. The lowest BCUT2D eigenvalue weighted by Crippen LogP contribution is -2.45. The molecule has 1 aromatic carbocycles. The van der Waals surface area contributed by atoms with Gasteiger partial charge in [0.1, 0.15) is 6.04 Å². The second kappa shape index (κ2) is 8.92. The summed E-state index contributed by atoms with van der Waals surface area (Å²) in [7, 11) is 0. The minimum atomic E-state index is -1.11. The number of hydrogen-bond donors (Lipinski definition) is 3. The van der Waals surface area contributed by atoms with Crippen LogP contribution in [0, 0.1) is 11.8 Å². The van der Waals surface area contributed by atoms with Crippen LogP contribution in [0.2, 0.25) is 0 Å². The lowest BCUT2D eigenvalue weighted by Gasteiger charge is -2.20. The van der Waals surface area contributed by atoms with E-state index in [2.05, 4.69) is 5.32 Å². The van der Waals surface area contributed by atoms with Crippen LogP contribution in [0.25, 0.3) is 0 Å². The molecule has 0 radical (unpaired) electrons. The second-order valence-electron chi connectivity index (χ2n) is 6.01. The third kappa shape index (κ3) is 6.95. The standard InChI is InChI=1S/C17H23NO5/c1-11(2)8-14(17(22)23)18-16(21)13(10-15(19)20)9-12-6-4-3-5-7-12/h3-7,11,13-14H,8-10H2,1-2H3,(H,18,21)(H,19,20)(H,22,23)/t13?,14-/m1/s1. The number of amides is 1. The molecule has 0 aliphatic carbocycles. The van der Waals surface area contributed by atoms with Crippen molar-refractivity contribution in [3.8, 4) is 0 Å². The fourth-order valence-corrected chi connectivity index (χ4v) is 2.35. The predicted molar refractivity (Wildman–Crippen MR) is 84.9 cm³/mol. The molecule has 126 valence electrons. The van der Waals surface area contributed by atoms with Crippen molar-refractivity contribution in [2.24, 2.45) is 11.8 Å². The molecule has 0 bridgehead atoms. The van der Waals surface area contributed by atoms with Crippen molar-refractivity contribution in [2.75, 3.05) is 0 Å². The molecule has 0 fully saturated rings. The molecule has 1 amide bonds. The molecule has 3 N–H and O–H groups in total. The quantitative estimate of drug-likeness (QED) is 0.645. The van der Waals surface area contributed by atoms with Gasteiger partial charge >= 0.3 is 11.9 Å². The Morgan fingerprint density at radius 1 is 1.09 bits per heavy atom. The lowest BCUT2D eigenvalue weighted by atomic mass is 9.94. The van der Waals surface area contributed by atoms with E-state index in [0.717, 1.165) is 5.56 Å². The van der Waals surface area contributed by atoms with Crippen LogP contribution in [0.3, 0.4) is 0 Å². The van der Waals surface area contributed by atoms with Crippen LogP contribution in [-0.4, -0.2) is 34.1 Å². The first-order valence-electron chi connectivity index (χ1n) is 7.58. The van der Waals surface area contributed by atoms with Crippen molar-refractivity contribution in [3.63, 3.8) is 0 Å². The van der Waals surface area contributed by atoms with Crippen molar-refractivity contribution < 1.29 is 24.6 Å². The maximum atomic E-state index is 12.3. The zero-order chi connectivity index (χ0) is 17.4. The first kappa shape index (κ1) is 18.7. The number of rotatable bonds is 9. The van der Waals surface area contributed by atoms with E-state index in [9.17, 15) is 19.5 Å². The maximum absolute atomic E-state index is 12.3. The summed E-state index contributed by atoms with van der Waals surface area (Å²) in [5.41, 5.74) is 0.838. The average molecular weight is 321 g/mol. The van der Waals surface area contributed by atoms with Gasteiger partial charge in [-0.3, -0.25) is 9.59 Å². The molecule has 6 heteroatoms. The third-order valence-corrected chi connectivity index (χ3v) is 3.44. The Labute approximate surface area is 135 Å². The van der Waals surface area contributed by atoms with Gasteiger partial charge in [-0.1, -0.05) is 44.2 Å². The number of aliphatic carboxylic acids is 2. The predicted octanol–water partition coefficient (Wildman–Crippen LogP) is 1.94. The van der Waals surface area contributed by atoms with E-state index in [0.29, 0.717) is 6.42 Å². The van der Waals surface area contributed by atoms with E-state index < -0.39 is 29.8 Å². The number of nitrogens with one attached hydrogen (secondary N) is 1. The van der Waals surface area contributed by atoms with Crippen LogP contribution in [-0.2, 0) is 20.8 Å². The van der Waals surface area contributed by atoms with Gasteiger partial charge in [0.05, 0.1) is 12.3 Å². The highest BCUT2D eigenvalue weighted by Gasteiger charge is 2.27. The van der Waals surface area contributed by atoms with Gasteiger partial charge in [0.2, 0.25) is 5.91 Å². The zero-order valence-corrected chi connectivity index (χ0v) is 13.4. The molecule has 6 nitrogen and oxygen atoms in total. The molecule has 0 aromatic heterocycles. The molecule has 0 saturated carbocycles. The summed E-state index contributed by atoms with van der Waals surface area (Å²) < 4.78 is 0. The van der Waals surface area contributed by atoms with E-state index in [1.165, 1.54) is 0 Å². The molecule has 0 aliphatic heterocycles. The van der Waals surface area contributed by atoms with Crippen molar-refractivity contribution in [3.05, 3.63) is 35.9 Å². The maximum Gasteiger partial charge on any atom is 0.326 e. The average Bonchev–Trinajstić information content (AvgIpc) is 2.45. The summed E-state index contributed by atoms with van der Waals surface area (Å²) in [6, 6.07) is 8.07. The van der Waals surface area contributed by atoms with Gasteiger partial charge in [0, 0.05) is 0 Å².